The van der Waals surface area contributed by atoms with E-state index in [4.69, 9.17) is 36.1 Å². The molecule has 2 saturated heterocycles. The van der Waals surface area contributed by atoms with E-state index in [1.165, 1.54) is 0 Å². The second kappa shape index (κ2) is 11.0. The third-order valence-electron chi connectivity index (χ3n) is 6.43. The number of ether oxygens (including phenoxy) is 4. The Bertz CT molecular complexity index is 582. The molecular formula is C18H35N3O12. The van der Waals surface area contributed by atoms with Gasteiger partial charge >= 0.3 is 0 Å². The average Bonchev–Trinajstić information content (AvgIpc) is 2.79. The Labute approximate surface area is 189 Å². The van der Waals surface area contributed by atoms with Crippen LogP contribution in [0.1, 0.15) is 6.42 Å². The molecule has 2 heterocycles. The Morgan fingerprint density at radius 2 is 1.06 bits per heavy atom. The van der Waals surface area contributed by atoms with Crippen molar-refractivity contribution < 1.29 is 59.8 Å². The smallest absolute Gasteiger partial charge is 0.187 e. The molecular weight excluding hydrogens is 450 g/mol. The molecule has 0 spiro atoms. The summed E-state index contributed by atoms with van der Waals surface area (Å²) < 4.78 is 22.0. The minimum atomic E-state index is -1.72. The standard InChI is InChI=1S/C18H35N3O12/c19-4-1-5(20)16(33-18-13(28)12(27)10(25)7(3-23)31-18)14(29)15(4)32-17-11(26)8(21)9(24)6(2-22)30-17/h4-18,22-29H,1-3,19-21H2/t4-,5+,6-,7-,8+,9-,10-,11-,12+,13-,14-,15+,16-,17-,18-/m1/s1. The zero-order chi connectivity index (χ0) is 24.6. The molecule has 15 nitrogen and oxygen atoms in total. The van der Waals surface area contributed by atoms with Gasteiger partial charge in [0.15, 0.2) is 12.6 Å². The Morgan fingerprint density at radius 1 is 0.606 bits per heavy atom. The summed E-state index contributed by atoms with van der Waals surface area (Å²) in [5.74, 6) is 0. The second-order valence-corrected chi connectivity index (χ2v) is 8.74. The summed E-state index contributed by atoms with van der Waals surface area (Å²) in [6, 6.07) is -2.92. The van der Waals surface area contributed by atoms with Crippen molar-refractivity contribution in [2.24, 2.45) is 17.2 Å². The van der Waals surface area contributed by atoms with E-state index in [2.05, 4.69) is 0 Å². The van der Waals surface area contributed by atoms with E-state index in [9.17, 15) is 40.9 Å². The highest BCUT2D eigenvalue weighted by Crippen LogP contribution is 2.31. The molecule has 3 fully saturated rings. The molecule has 0 bridgehead atoms. The van der Waals surface area contributed by atoms with Gasteiger partial charge < -0.3 is 77.0 Å². The number of nitrogens with two attached hydrogens (primary N) is 3. The number of aliphatic hydroxyl groups is 8. The van der Waals surface area contributed by atoms with Crippen molar-refractivity contribution in [3.63, 3.8) is 0 Å². The molecule has 0 aromatic carbocycles. The monoisotopic (exact) mass is 485 g/mol. The maximum absolute atomic E-state index is 10.9. The van der Waals surface area contributed by atoms with Crippen LogP contribution in [0.4, 0.5) is 0 Å². The largest absolute Gasteiger partial charge is 0.394 e. The molecule has 0 radical (unpaired) electrons. The van der Waals surface area contributed by atoms with Crippen LogP contribution in [-0.2, 0) is 18.9 Å². The number of rotatable bonds is 6. The van der Waals surface area contributed by atoms with Crippen LogP contribution >= 0.6 is 0 Å². The molecule has 3 aliphatic rings. The van der Waals surface area contributed by atoms with E-state index in [1.807, 2.05) is 0 Å². The van der Waals surface area contributed by atoms with Crippen LogP contribution in [0.5, 0.6) is 0 Å². The molecule has 194 valence electrons. The fourth-order valence-corrected chi connectivity index (χ4v) is 4.36. The van der Waals surface area contributed by atoms with Crippen LogP contribution in [0.25, 0.3) is 0 Å². The molecule has 14 N–H and O–H groups in total. The highest BCUT2D eigenvalue weighted by molar-refractivity contribution is 5.01. The van der Waals surface area contributed by atoms with Crippen LogP contribution in [0.3, 0.4) is 0 Å². The first-order chi connectivity index (χ1) is 15.5. The van der Waals surface area contributed by atoms with Gasteiger partial charge in [-0.3, -0.25) is 0 Å². The highest BCUT2D eigenvalue weighted by Gasteiger charge is 2.51. The zero-order valence-electron chi connectivity index (χ0n) is 17.7. The summed E-state index contributed by atoms with van der Waals surface area (Å²) in [5.41, 5.74) is 17.9. The van der Waals surface area contributed by atoms with Gasteiger partial charge in [0, 0.05) is 12.1 Å². The SMILES string of the molecule is N[C@@H]1[C@@H](O)[C@@H](O[C@@H]2[C@@H](O)[C@H](O[C@H]3O[C@H](CO)[C@@H](O)[C@H](O)[C@H]3O)[C@@H](N)C[C@H]2N)O[C@H](CO)[C@H]1O. The first-order valence-corrected chi connectivity index (χ1v) is 10.7. The highest BCUT2D eigenvalue weighted by atomic mass is 16.7. The maximum Gasteiger partial charge on any atom is 0.187 e. The molecule has 0 aromatic heterocycles. The van der Waals surface area contributed by atoms with E-state index in [1.54, 1.807) is 0 Å². The van der Waals surface area contributed by atoms with Gasteiger partial charge in [-0.2, -0.15) is 0 Å². The molecule has 2 aliphatic heterocycles. The van der Waals surface area contributed by atoms with Gasteiger partial charge in [-0.05, 0) is 6.42 Å². The molecule has 1 aliphatic carbocycles. The van der Waals surface area contributed by atoms with Crippen molar-refractivity contribution >= 4 is 0 Å². The van der Waals surface area contributed by atoms with Crippen molar-refractivity contribution in [3.8, 4) is 0 Å². The van der Waals surface area contributed by atoms with Crippen LogP contribution in [0.2, 0.25) is 0 Å². The van der Waals surface area contributed by atoms with E-state index in [0.717, 1.165) is 0 Å². The Hall–Kier alpha value is -0.600. The van der Waals surface area contributed by atoms with Crippen LogP contribution in [-0.4, -0.2) is 146 Å². The lowest BCUT2D eigenvalue weighted by Gasteiger charge is -2.48. The lowest BCUT2D eigenvalue weighted by molar-refractivity contribution is -0.335. The fourth-order valence-electron chi connectivity index (χ4n) is 4.36. The van der Waals surface area contributed by atoms with Gasteiger partial charge in [-0.25, -0.2) is 0 Å². The topological polar surface area (TPSA) is 277 Å². The van der Waals surface area contributed by atoms with Crippen molar-refractivity contribution in [2.45, 2.75) is 98.2 Å². The van der Waals surface area contributed by atoms with Gasteiger partial charge in [0.05, 0.1) is 19.3 Å². The van der Waals surface area contributed by atoms with Gasteiger partial charge in [-0.1, -0.05) is 0 Å². The second-order valence-electron chi connectivity index (χ2n) is 8.74. The molecule has 0 aromatic rings. The van der Waals surface area contributed by atoms with E-state index >= 15 is 0 Å². The minimum Gasteiger partial charge on any atom is -0.394 e. The predicted molar refractivity (Wildman–Crippen MR) is 106 cm³/mol. The third-order valence-corrected chi connectivity index (χ3v) is 6.43. The van der Waals surface area contributed by atoms with Gasteiger partial charge in [0.1, 0.15) is 61.0 Å². The van der Waals surface area contributed by atoms with Crippen molar-refractivity contribution in [1.82, 2.24) is 0 Å². The average molecular weight is 485 g/mol. The van der Waals surface area contributed by atoms with E-state index in [0.29, 0.717) is 0 Å². The first-order valence-electron chi connectivity index (χ1n) is 10.7. The van der Waals surface area contributed by atoms with Crippen molar-refractivity contribution in [1.29, 1.82) is 0 Å². The minimum absolute atomic E-state index is 0.0603. The molecule has 0 amide bonds. The Kier molecular flexibility index (Phi) is 8.99. The first kappa shape index (κ1) is 27.0. The quantitative estimate of drug-likeness (QED) is 0.167. The summed E-state index contributed by atoms with van der Waals surface area (Å²) in [7, 11) is 0. The maximum atomic E-state index is 10.9. The third kappa shape index (κ3) is 5.32. The van der Waals surface area contributed by atoms with Crippen molar-refractivity contribution in [3.05, 3.63) is 0 Å². The van der Waals surface area contributed by atoms with Gasteiger partial charge in [0.2, 0.25) is 0 Å². The summed E-state index contributed by atoms with van der Waals surface area (Å²) in [4.78, 5) is 0. The molecule has 3 rings (SSSR count). The Balaban J connectivity index is 1.72. The molecule has 0 unspecified atom stereocenters. The molecule has 15 atom stereocenters. The van der Waals surface area contributed by atoms with E-state index in [-0.39, 0.29) is 6.42 Å². The molecule has 33 heavy (non-hydrogen) atoms. The molecule has 15 heteroatoms. The molecule has 1 saturated carbocycles. The van der Waals surface area contributed by atoms with Crippen molar-refractivity contribution in [2.75, 3.05) is 13.2 Å². The predicted octanol–water partition coefficient (Wildman–Crippen LogP) is -7.26. The number of aliphatic hydroxyl groups excluding tert-OH is 8. The Morgan fingerprint density at radius 3 is 1.55 bits per heavy atom. The van der Waals surface area contributed by atoms with Crippen LogP contribution in [0.15, 0.2) is 0 Å². The van der Waals surface area contributed by atoms with Gasteiger partial charge in [0.25, 0.3) is 0 Å². The summed E-state index contributed by atoms with van der Waals surface area (Å²) >= 11 is 0. The van der Waals surface area contributed by atoms with E-state index < -0.39 is 105 Å². The zero-order valence-corrected chi connectivity index (χ0v) is 17.7. The number of hydrogen-bond donors (Lipinski definition) is 11. The fraction of sp³-hybridized carbons (Fsp3) is 1.00. The summed E-state index contributed by atoms with van der Waals surface area (Å²) in [6.07, 6.45) is -17.2. The summed E-state index contributed by atoms with van der Waals surface area (Å²) in [5, 5.41) is 80.0. The normalized spacial score (nSPS) is 53.7. The number of hydrogen-bond acceptors (Lipinski definition) is 15. The lowest BCUT2D eigenvalue weighted by atomic mass is 9.84. The van der Waals surface area contributed by atoms with Gasteiger partial charge in [-0.15, -0.1) is 0 Å². The summed E-state index contributed by atoms with van der Waals surface area (Å²) in [6.45, 7) is -1.27. The van der Waals surface area contributed by atoms with Crippen LogP contribution < -0.4 is 17.2 Å². The van der Waals surface area contributed by atoms with Crippen LogP contribution in [0, 0.1) is 0 Å². The lowest BCUT2D eigenvalue weighted by Crippen LogP contribution is -2.68.